The molecule has 112 valence electrons. The quantitative estimate of drug-likeness (QED) is 0.832. The Hall–Kier alpha value is -2.02. The summed E-state index contributed by atoms with van der Waals surface area (Å²) in [4.78, 5) is 17.5. The average Bonchev–Trinajstić information content (AvgIpc) is 3.01. The highest BCUT2D eigenvalue weighted by Crippen LogP contribution is 2.21. The van der Waals surface area contributed by atoms with Gasteiger partial charge < -0.3 is 9.42 Å². The molecule has 3 heterocycles. The second kappa shape index (κ2) is 6.17. The molecular weight excluding hydrogens is 268 g/mol. The van der Waals surface area contributed by atoms with Crippen LogP contribution < -0.4 is 4.90 Å². The topological polar surface area (TPSA) is 71.2 Å². The lowest BCUT2D eigenvalue weighted by molar-refractivity contribution is 0.239. The van der Waals surface area contributed by atoms with Gasteiger partial charge in [0.15, 0.2) is 5.82 Å². The van der Waals surface area contributed by atoms with E-state index in [0.717, 1.165) is 56.5 Å². The highest BCUT2D eigenvalue weighted by atomic mass is 16.5. The Morgan fingerprint density at radius 3 is 2.62 bits per heavy atom. The minimum Gasteiger partial charge on any atom is -0.354 e. The second-order valence-corrected chi connectivity index (χ2v) is 5.23. The second-order valence-electron chi connectivity index (χ2n) is 5.23. The van der Waals surface area contributed by atoms with Gasteiger partial charge >= 0.3 is 0 Å². The number of hydrogen-bond acceptors (Lipinski definition) is 7. The molecule has 0 radical (unpaired) electrons. The van der Waals surface area contributed by atoms with Crippen molar-refractivity contribution in [2.75, 3.05) is 31.1 Å². The van der Waals surface area contributed by atoms with E-state index in [4.69, 9.17) is 4.52 Å². The lowest BCUT2D eigenvalue weighted by atomic mass is 10.1. The lowest BCUT2D eigenvalue weighted by Gasteiger charge is -2.35. The van der Waals surface area contributed by atoms with Crippen LogP contribution in [0.3, 0.4) is 0 Å². The fourth-order valence-corrected chi connectivity index (χ4v) is 2.75. The molecule has 7 nitrogen and oxygen atoms in total. The number of hydrogen-bond donors (Lipinski definition) is 0. The van der Waals surface area contributed by atoms with Gasteiger partial charge in [0, 0.05) is 37.4 Å². The Morgan fingerprint density at radius 1 is 1.14 bits per heavy atom. The molecule has 2 aromatic rings. The van der Waals surface area contributed by atoms with Crippen molar-refractivity contribution in [2.24, 2.45) is 0 Å². The summed E-state index contributed by atoms with van der Waals surface area (Å²) in [5.74, 6) is 1.83. The van der Waals surface area contributed by atoms with Crippen molar-refractivity contribution in [1.29, 1.82) is 0 Å². The molecular formula is C14H20N6O. The number of nitrogens with zero attached hydrogens (tertiary/aromatic N) is 6. The van der Waals surface area contributed by atoms with Gasteiger partial charge in [-0.05, 0) is 13.3 Å². The molecule has 0 saturated carbocycles. The number of rotatable bonds is 4. The minimum atomic E-state index is 0.744. The van der Waals surface area contributed by atoms with Crippen LogP contribution in [-0.4, -0.2) is 51.2 Å². The van der Waals surface area contributed by atoms with Crippen molar-refractivity contribution in [3.8, 4) is 0 Å². The van der Waals surface area contributed by atoms with Crippen LogP contribution in [0, 0.1) is 6.92 Å². The molecule has 0 aromatic carbocycles. The molecule has 0 N–H and O–H groups in total. The first-order chi connectivity index (χ1) is 10.3. The summed E-state index contributed by atoms with van der Waals surface area (Å²) in [6, 6.07) is 0. The lowest BCUT2D eigenvalue weighted by Crippen LogP contribution is -2.46. The van der Waals surface area contributed by atoms with Crippen molar-refractivity contribution in [2.45, 2.75) is 26.8 Å². The van der Waals surface area contributed by atoms with Gasteiger partial charge in [-0.15, -0.1) is 0 Å². The highest BCUT2D eigenvalue weighted by Gasteiger charge is 2.21. The smallest absolute Gasteiger partial charge is 0.213 e. The largest absolute Gasteiger partial charge is 0.354 e. The molecule has 1 aliphatic rings. The fraction of sp³-hybridized carbons (Fsp3) is 0.571. The number of aryl methyl sites for hydroxylation is 1. The van der Waals surface area contributed by atoms with E-state index in [1.165, 1.54) is 12.0 Å². The summed E-state index contributed by atoms with van der Waals surface area (Å²) in [5.41, 5.74) is 2.33. The van der Waals surface area contributed by atoms with Crippen molar-refractivity contribution >= 4 is 5.82 Å². The fourth-order valence-electron chi connectivity index (χ4n) is 2.75. The predicted octanol–water partition coefficient (Wildman–Crippen LogP) is 1.05. The van der Waals surface area contributed by atoms with Crippen LogP contribution in [0.2, 0.25) is 0 Å². The predicted molar refractivity (Wildman–Crippen MR) is 77.9 cm³/mol. The van der Waals surface area contributed by atoms with Crippen molar-refractivity contribution in [3.05, 3.63) is 29.8 Å². The molecule has 0 amide bonds. The molecule has 3 rings (SSSR count). The molecule has 0 bridgehead atoms. The highest BCUT2D eigenvalue weighted by molar-refractivity contribution is 5.48. The van der Waals surface area contributed by atoms with Gasteiger partial charge in [-0.2, -0.15) is 4.98 Å². The monoisotopic (exact) mass is 288 g/mol. The maximum Gasteiger partial charge on any atom is 0.213 e. The Bertz CT molecular complexity index is 577. The first kappa shape index (κ1) is 13.9. The summed E-state index contributed by atoms with van der Waals surface area (Å²) in [6.07, 6.45) is 4.00. The SMILES string of the molecule is CCc1c(C)ncnc1N1CCN(Cc2ncon2)CC1. The molecule has 1 saturated heterocycles. The van der Waals surface area contributed by atoms with Crippen LogP contribution in [0.1, 0.15) is 24.0 Å². The summed E-state index contributed by atoms with van der Waals surface area (Å²) in [5, 5.41) is 3.86. The summed E-state index contributed by atoms with van der Waals surface area (Å²) in [7, 11) is 0. The number of anilines is 1. The van der Waals surface area contributed by atoms with Gasteiger partial charge in [0.2, 0.25) is 6.39 Å². The third-order valence-electron chi connectivity index (χ3n) is 3.94. The Labute approximate surface area is 124 Å². The Kier molecular flexibility index (Phi) is 4.10. The molecule has 21 heavy (non-hydrogen) atoms. The van der Waals surface area contributed by atoms with Gasteiger partial charge in [-0.3, -0.25) is 4.90 Å². The van der Waals surface area contributed by atoms with Crippen LogP contribution in [0.4, 0.5) is 5.82 Å². The van der Waals surface area contributed by atoms with E-state index >= 15 is 0 Å². The zero-order valence-electron chi connectivity index (χ0n) is 12.5. The standard InChI is InChI=1S/C14H20N6O/c1-3-12-11(2)15-9-16-14(12)20-6-4-19(5-7-20)8-13-17-10-21-18-13/h9-10H,3-8H2,1-2H3. The van der Waals surface area contributed by atoms with E-state index in [2.05, 4.69) is 43.8 Å². The van der Waals surface area contributed by atoms with E-state index in [1.54, 1.807) is 6.33 Å². The van der Waals surface area contributed by atoms with Gasteiger partial charge in [-0.1, -0.05) is 12.1 Å². The van der Waals surface area contributed by atoms with E-state index in [1.807, 2.05) is 0 Å². The number of piperazine rings is 1. The van der Waals surface area contributed by atoms with E-state index in [9.17, 15) is 0 Å². The van der Waals surface area contributed by atoms with E-state index in [-0.39, 0.29) is 0 Å². The normalized spacial score (nSPS) is 16.4. The van der Waals surface area contributed by atoms with Gasteiger partial charge in [-0.25, -0.2) is 9.97 Å². The number of aromatic nitrogens is 4. The van der Waals surface area contributed by atoms with Crippen molar-refractivity contribution in [1.82, 2.24) is 25.0 Å². The van der Waals surface area contributed by atoms with Crippen molar-refractivity contribution in [3.63, 3.8) is 0 Å². The molecule has 1 fully saturated rings. The van der Waals surface area contributed by atoms with Crippen LogP contribution in [-0.2, 0) is 13.0 Å². The summed E-state index contributed by atoms with van der Waals surface area (Å²) >= 11 is 0. The molecule has 1 aliphatic heterocycles. The van der Waals surface area contributed by atoms with Crippen LogP contribution >= 0.6 is 0 Å². The molecule has 0 unspecified atom stereocenters. The maximum absolute atomic E-state index is 4.77. The van der Waals surface area contributed by atoms with Gasteiger partial charge in [0.1, 0.15) is 12.1 Å². The van der Waals surface area contributed by atoms with E-state index in [0.29, 0.717) is 0 Å². The van der Waals surface area contributed by atoms with Crippen molar-refractivity contribution < 1.29 is 4.52 Å². The molecule has 0 atom stereocenters. The van der Waals surface area contributed by atoms with Crippen LogP contribution in [0.5, 0.6) is 0 Å². The molecule has 0 spiro atoms. The zero-order valence-corrected chi connectivity index (χ0v) is 12.5. The zero-order chi connectivity index (χ0) is 14.7. The first-order valence-corrected chi connectivity index (χ1v) is 7.31. The minimum absolute atomic E-state index is 0.744. The molecule has 0 aliphatic carbocycles. The first-order valence-electron chi connectivity index (χ1n) is 7.31. The van der Waals surface area contributed by atoms with Gasteiger partial charge in [0.25, 0.3) is 0 Å². The molecule has 7 heteroatoms. The molecule has 2 aromatic heterocycles. The van der Waals surface area contributed by atoms with Gasteiger partial charge in [0.05, 0.1) is 6.54 Å². The Balaban J connectivity index is 1.64. The summed E-state index contributed by atoms with van der Waals surface area (Å²) in [6.45, 7) is 8.82. The average molecular weight is 288 g/mol. The maximum atomic E-state index is 4.77. The van der Waals surface area contributed by atoms with Crippen LogP contribution in [0.25, 0.3) is 0 Å². The van der Waals surface area contributed by atoms with Crippen LogP contribution in [0.15, 0.2) is 17.2 Å². The Morgan fingerprint density at radius 2 is 1.95 bits per heavy atom. The third-order valence-corrected chi connectivity index (χ3v) is 3.94. The third kappa shape index (κ3) is 3.02. The van der Waals surface area contributed by atoms with E-state index < -0.39 is 0 Å². The summed E-state index contributed by atoms with van der Waals surface area (Å²) < 4.78 is 4.77.